The number of amides is 1. The van der Waals surface area contributed by atoms with Gasteiger partial charge in [0.25, 0.3) is 11.9 Å². The standard InChI is InChI=1S/C32H35ClN4O5/c1-32(41)12-14-37(15-13-32)30(40)22-8-4-20(5-9-22)19-2-6-21(7-3-19)28-25(33)17-26-29(35-28)36-31(34-26)42-24-11-10-23(18-38)27(39)16-24/h2-9,17,23-24,27,38-39,41H,10-16,18H2,1H3,(H,34,35,36)/t23-,24+,27+/m1/s1. The molecular formula is C32H35ClN4O5. The van der Waals surface area contributed by atoms with E-state index in [0.717, 1.165) is 23.1 Å². The van der Waals surface area contributed by atoms with E-state index in [9.17, 15) is 20.1 Å². The Morgan fingerprint density at radius 2 is 1.69 bits per heavy atom. The lowest BCUT2D eigenvalue weighted by Gasteiger charge is -2.35. The number of halogens is 1. The molecule has 0 unspecified atom stereocenters. The number of aliphatic hydroxyl groups excluding tert-OH is 2. The highest BCUT2D eigenvalue weighted by atomic mass is 35.5. The van der Waals surface area contributed by atoms with Gasteiger partial charge in [-0.1, -0.05) is 48.0 Å². The maximum atomic E-state index is 12.9. The maximum absolute atomic E-state index is 12.9. The van der Waals surface area contributed by atoms with Gasteiger partial charge in [-0.15, -0.1) is 0 Å². The molecule has 0 radical (unpaired) electrons. The molecule has 1 aliphatic heterocycles. The van der Waals surface area contributed by atoms with Gasteiger partial charge < -0.3 is 29.9 Å². The van der Waals surface area contributed by atoms with Crippen molar-refractivity contribution in [3.05, 3.63) is 65.2 Å². The molecule has 3 heterocycles. The average molecular weight is 591 g/mol. The molecule has 4 aromatic rings. The highest BCUT2D eigenvalue weighted by Crippen LogP contribution is 2.33. The fraction of sp³-hybridized carbons (Fsp3) is 0.406. The normalized spacial score (nSPS) is 22.3. The third-order valence-corrected chi connectivity index (χ3v) is 8.87. The van der Waals surface area contributed by atoms with Gasteiger partial charge in [0.1, 0.15) is 6.10 Å². The summed E-state index contributed by atoms with van der Waals surface area (Å²) >= 11 is 6.62. The molecule has 6 rings (SSSR count). The van der Waals surface area contributed by atoms with Crippen molar-refractivity contribution in [1.82, 2.24) is 19.9 Å². The fourth-order valence-electron chi connectivity index (χ4n) is 5.80. The van der Waals surface area contributed by atoms with Crippen LogP contribution < -0.4 is 4.74 Å². The number of likely N-dealkylation sites (tertiary alicyclic amines) is 1. The van der Waals surface area contributed by atoms with E-state index in [1.54, 1.807) is 11.0 Å². The van der Waals surface area contributed by atoms with Crippen LogP contribution in [0.5, 0.6) is 6.01 Å². The largest absolute Gasteiger partial charge is 0.461 e. The average Bonchev–Trinajstić information content (AvgIpc) is 3.37. The number of aromatic nitrogens is 3. The number of hydrogen-bond acceptors (Lipinski definition) is 7. The molecule has 10 heteroatoms. The minimum Gasteiger partial charge on any atom is -0.461 e. The van der Waals surface area contributed by atoms with Crippen molar-refractivity contribution in [2.24, 2.45) is 5.92 Å². The van der Waals surface area contributed by atoms with Gasteiger partial charge >= 0.3 is 0 Å². The second-order valence-corrected chi connectivity index (χ2v) is 12.1. The molecule has 1 saturated heterocycles. The highest BCUT2D eigenvalue weighted by molar-refractivity contribution is 6.33. The molecule has 2 fully saturated rings. The van der Waals surface area contributed by atoms with Crippen LogP contribution in [0, 0.1) is 5.92 Å². The van der Waals surface area contributed by atoms with E-state index in [-0.39, 0.29) is 24.5 Å². The second kappa shape index (κ2) is 11.6. The molecule has 0 bridgehead atoms. The minimum atomic E-state index is -0.695. The van der Waals surface area contributed by atoms with Gasteiger partial charge in [0.05, 0.1) is 27.9 Å². The van der Waals surface area contributed by atoms with Crippen LogP contribution in [0.1, 0.15) is 49.4 Å². The lowest BCUT2D eigenvalue weighted by Crippen LogP contribution is -2.45. The van der Waals surface area contributed by atoms with E-state index >= 15 is 0 Å². The van der Waals surface area contributed by atoms with Crippen LogP contribution in [0.3, 0.4) is 0 Å². The fourth-order valence-corrected chi connectivity index (χ4v) is 6.06. The number of fused-ring (bicyclic) bond motifs is 1. The van der Waals surface area contributed by atoms with Gasteiger partial charge in [-0.3, -0.25) is 4.79 Å². The molecule has 1 saturated carbocycles. The quantitative estimate of drug-likeness (QED) is 0.253. The summed E-state index contributed by atoms with van der Waals surface area (Å²) in [6.07, 6.45) is 2.24. The summed E-state index contributed by atoms with van der Waals surface area (Å²) in [6, 6.07) is 17.6. The van der Waals surface area contributed by atoms with Crippen molar-refractivity contribution in [2.45, 2.75) is 56.8 Å². The number of aromatic amines is 1. The zero-order valence-electron chi connectivity index (χ0n) is 23.5. The van der Waals surface area contributed by atoms with Crippen molar-refractivity contribution in [3.8, 4) is 28.4 Å². The predicted octanol–water partition coefficient (Wildman–Crippen LogP) is 4.83. The first kappa shape index (κ1) is 28.6. The van der Waals surface area contributed by atoms with Crippen molar-refractivity contribution in [2.75, 3.05) is 19.7 Å². The van der Waals surface area contributed by atoms with E-state index in [2.05, 4.69) is 9.97 Å². The van der Waals surface area contributed by atoms with Crippen LogP contribution in [0.2, 0.25) is 5.02 Å². The van der Waals surface area contributed by atoms with Gasteiger partial charge in [0.15, 0.2) is 5.65 Å². The van der Waals surface area contributed by atoms with Crippen LogP contribution in [-0.2, 0) is 0 Å². The maximum Gasteiger partial charge on any atom is 0.296 e. The third kappa shape index (κ3) is 6.01. The number of rotatable bonds is 6. The van der Waals surface area contributed by atoms with Crippen LogP contribution in [0.25, 0.3) is 33.5 Å². The molecule has 220 valence electrons. The van der Waals surface area contributed by atoms with E-state index < -0.39 is 11.7 Å². The molecule has 2 aromatic carbocycles. The Balaban J connectivity index is 1.14. The number of carbonyl (C=O) groups excluding carboxylic acids is 1. The number of imidazole rings is 1. The summed E-state index contributed by atoms with van der Waals surface area (Å²) in [7, 11) is 0. The molecule has 42 heavy (non-hydrogen) atoms. The number of ether oxygens (including phenoxy) is 1. The van der Waals surface area contributed by atoms with Crippen molar-refractivity contribution >= 4 is 28.7 Å². The lowest BCUT2D eigenvalue weighted by molar-refractivity contribution is -0.0114. The van der Waals surface area contributed by atoms with Crippen LogP contribution in [-0.4, -0.2) is 78.6 Å². The first-order valence-corrected chi connectivity index (χ1v) is 14.8. The lowest BCUT2D eigenvalue weighted by atomic mass is 9.85. The van der Waals surface area contributed by atoms with Crippen LogP contribution >= 0.6 is 11.6 Å². The molecule has 1 amide bonds. The number of nitrogens with one attached hydrogen (secondary N) is 1. The van der Waals surface area contributed by atoms with Gasteiger partial charge in [-0.2, -0.15) is 4.98 Å². The van der Waals surface area contributed by atoms with Crippen molar-refractivity contribution in [3.63, 3.8) is 0 Å². The summed E-state index contributed by atoms with van der Waals surface area (Å²) in [5.74, 6) is -0.120. The molecule has 2 aliphatic rings. The Morgan fingerprint density at radius 1 is 1.05 bits per heavy atom. The van der Waals surface area contributed by atoms with E-state index in [1.165, 1.54) is 0 Å². The van der Waals surface area contributed by atoms with Crippen LogP contribution in [0.15, 0.2) is 54.6 Å². The molecular weight excluding hydrogens is 556 g/mol. The van der Waals surface area contributed by atoms with Crippen LogP contribution in [0.4, 0.5) is 0 Å². The van der Waals surface area contributed by atoms with Gasteiger partial charge in [-0.25, -0.2) is 4.98 Å². The van der Waals surface area contributed by atoms with Gasteiger partial charge in [-0.05, 0) is 61.9 Å². The summed E-state index contributed by atoms with van der Waals surface area (Å²) in [5, 5.41) is 30.2. The Labute approximate surface area is 249 Å². The second-order valence-electron chi connectivity index (χ2n) is 11.7. The Morgan fingerprint density at radius 3 is 2.33 bits per heavy atom. The van der Waals surface area contributed by atoms with Gasteiger partial charge in [0.2, 0.25) is 0 Å². The molecule has 9 nitrogen and oxygen atoms in total. The number of aliphatic hydroxyl groups is 3. The highest BCUT2D eigenvalue weighted by Gasteiger charge is 2.31. The smallest absolute Gasteiger partial charge is 0.296 e. The molecule has 4 N–H and O–H groups in total. The minimum absolute atomic E-state index is 0.0119. The Kier molecular flexibility index (Phi) is 7.93. The molecule has 2 aromatic heterocycles. The first-order chi connectivity index (χ1) is 20.2. The summed E-state index contributed by atoms with van der Waals surface area (Å²) in [6.45, 7) is 2.91. The monoisotopic (exact) mass is 590 g/mol. The zero-order valence-corrected chi connectivity index (χ0v) is 24.2. The molecule has 1 aliphatic carbocycles. The van der Waals surface area contributed by atoms with E-state index in [0.29, 0.717) is 72.2 Å². The molecule has 0 spiro atoms. The summed E-state index contributed by atoms with van der Waals surface area (Å²) in [5.41, 5.74) is 4.51. The summed E-state index contributed by atoms with van der Waals surface area (Å²) in [4.78, 5) is 27.0. The third-order valence-electron chi connectivity index (χ3n) is 8.58. The molecule has 3 atom stereocenters. The number of hydrogen-bond donors (Lipinski definition) is 4. The Hall–Kier alpha value is -3.50. The van der Waals surface area contributed by atoms with Crippen molar-refractivity contribution < 1.29 is 24.9 Å². The predicted molar refractivity (Wildman–Crippen MR) is 160 cm³/mol. The number of nitrogens with zero attached hydrogens (tertiary/aromatic N) is 3. The number of benzene rings is 2. The number of H-pyrrole nitrogens is 1. The van der Waals surface area contributed by atoms with Crippen molar-refractivity contribution in [1.29, 1.82) is 0 Å². The number of pyridine rings is 1. The first-order valence-electron chi connectivity index (χ1n) is 14.4. The summed E-state index contributed by atoms with van der Waals surface area (Å²) < 4.78 is 5.99. The zero-order chi connectivity index (χ0) is 29.4. The van der Waals surface area contributed by atoms with E-state index in [4.69, 9.17) is 21.3 Å². The topological polar surface area (TPSA) is 132 Å². The SMILES string of the molecule is CC1(O)CCN(C(=O)c2ccc(-c3ccc(-c4nc5nc(O[C@H]6CC[C@H](CO)[C@@H](O)C6)[nH]c5cc4Cl)cc3)cc2)CC1. The van der Waals surface area contributed by atoms with E-state index in [1.807, 2.05) is 55.5 Å². The number of carbonyl (C=O) groups is 1. The number of piperidine rings is 1. The van der Waals surface area contributed by atoms with Gasteiger partial charge in [0, 0.05) is 43.2 Å². The Bertz CT molecular complexity index is 1560.